The van der Waals surface area contributed by atoms with Gasteiger partial charge in [0.05, 0.1) is 25.3 Å². The number of rotatable bonds is 6. The molecule has 0 aliphatic carbocycles. The van der Waals surface area contributed by atoms with Crippen molar-refractivity contribution in [2.45, 2.75) is 6.10 Å². The van der Waals surface area contributed by atoms with Crippen LogP contribution in [0.4, 0.5) is 5.82 Å². The zero-order valence-corrected chi connectivity index (χ0v) is 12.6. The van der Waals surface area contributed by atoms with Crippen molar-refractivity contribution in [1.29, 1.82) is 0 Å². The van der Waals surface area contributed by atoms with E-state index in [0.29, 0.717) is 27.9 Å². The number of nitrogens with zero attached hydrogens (tertiary/aromatic N) is 1. The van der Waals surface area contributed by atoms with Crippen LogP contribution in [-0.2, 0) is 0 Å². The number of hydrogen-bond acceptors (Lipinski definition) is 5. The largest absolute Gasteiger partial charge is 0.497 e. The highest BCUT2D eigenvalue weighted by Crippen LogP contribution is 2.29. The molecule has 0 aliphatic rings. The molecule has 0 aliphatic heterocycles. The molecule has 2 rings (SSSR count). The maximum Gasteiger partial charge on any atom is 0.126 e. The van der Waals surface area contributed by atoms with Crippen molar-refractivity contribution in [3.05, 3.63) is 47.1 Å². The number of benzene rings is 1. The maximum atomic E-state index is 10.3. The Balaban J connectivity index is 2.08. The molecule has 1 atom stereocenters. The highest BCUT2D eigenvalue weighted by atomic mass is 35.5. The summed E-state index contributed by atoms with van der Waals surface area (Å²) in [7, 11) is 3.14. The van der Waals surface area contributed by atoms with Gasteiger partial charge in [0.1, 0.15) is 17.3 Å². The minimum absolute atomic E-state index is 0.290. The Bertz CT molecular complexity index is 590. The molecular weight excluding hydrogens is 292 g/mol. The Hall–Kier alpha value is -1.98. The topological polar surface area (TPSA) is 63.6 Å². The molecule has 0 saturated heterocycles. The molecule has 5 nitrogen and oxygen atoms in total. The quantitative estimate of drug-likeness (QED) is 0.859. The van der Waals surface area contributed by atoms with Crippen molar-refractivity contribution < 1.29 is 14.6 Å². The monoisotopic (exact) mass is 308 g/mol. The fraction of sp³-hybridized carbons (Fsp3) is 0.267. The Labute approximate surface area is 128 Å². The third-order valence-electron chi connectivity index (χ3n) is 3.00. The highest BCUT2D eigenvalue weighted by molar-refractivity contribution is 6.30. The van der Waals surface area contributed by atoms with E-state index in [1.807, 2.05) is 0 Å². The first-order chi connectivity index (χ1) is 10.1. The molecule has 0 spiro atoms. The van der Waals surface area contributed by atoms with Gasteiger partial charge in [-0.25, -0.2) is 4.98 Å². The molecule has 0 unspecified atom stereocenters. The molecule has 6 heteroatoms. The van der Waals surface area contributed by atoms with E-state index in [-0.39, 0.29) is 6.54 Å². The van der Waals surface area contributed by atoms with E-state index in [2.05, 4.69) is 10.3 Å². The van der Waals surface area contributed by atoms with Crippen LogP contribution >= 0.6 is 11.6 Å². The Morgan fingerprint density at radius 3 is 2.67 bits per heavy atom. The Morgan fingerprint density at radius 1 is 1.24 bits per heavy atom. The number of aliphatic hydroxyl groups excluding tert-OH is 1. The van der Waals surface area contributed by atoms with Gasteiger partial charge in [0.25, 0.3) is 0 Å². The number of hydrogen-bond donors (Lipinski definition) is 2. The molecule has 0 bridgehead atoms. The summed E-state index contributed by atoms with van der Waals surface area (Å²) in [6, 6.07) is 8.77. The van der Waals surface area contributed by atoms with Crippen LogP contribution < -0.4 is 14.8 Å². The molecule has 2 aromatic rings. The number of halogens is 1. The predicted octanol–water partition coefficient (Wildman–Crippen LogP) is 2.90. The van der Waals surface area contributed by atoms with Gasteiger partial charge in [0.2, 0.25) is 0 Å². The molecule has 0 radical (unpaired) electrons. The van der Waals surface area contributed by atoms with E-state index >= 15 is 0 Å². The van der Waals surface area contributed by atoms with E-state index in [0.717, 1.165) is 0 Å². The average molecular weight is 309 g/mol. The summed E-state index contributed by atoms with van der Waals surface area (Å²) in [5, 5.41) is 13.9. The fourth-order valence-corrected chi connectivity index (χ4v) is 2.00. The third-order valence-corrected chi connectivity index (χ3v) is 3.22. The van der Waals surface area contributed by atoms with Gasteiger partial charge in [-0.3, -0.25) is 0 Å². The summed E-state index contributed by atoms with van der Waals surface area (Å²) < 4.78 is 10.4. The van der Waals surface area contributed by atoms with E-state index in [1.54, 1.807) is 50.7 Å². The lowest BCUT2D eigenvalue weighted by Crippen LogP contribution is -2.13. The summed E-state index contributed by atoms with van der Waals surface area (Å²) in [6.07, 6.45) is 0.787. The van der Waals surface area contributed by atoms with Crippen LogP contribution in [0.15, 0.2) is 36.5 Å². The van der Waals surface area contributed by atoms with Crippen LogP contribution in [-0.4, -0.2) is 30.9 Å². The first kappa shape index (κ1) is 15.4. The van der Waals surface area contributed by atoms with Crippen LogP contribution in [0.5, 0.6) is 11.5 Å². The number of pyridine rings is 1. The van der Waals surface area contributed by atoms with Crippen molar-refractivity contribution in [1.82, 2.24) is 4.98 Å². The fourth-order valence-electron chi connectivity index (χ4n) is 1.89. The molecule has 0 saturated carbocycles. The van der Waals surface area contributed by atoms with Crippen LogP contribution in [0.3, 0.4) is 0 Å². The highest BCUT2D eigenvalue weighted by Gasteiger charge is 2.14. The molecule has 2 N–H and O–H groups in total. The summed E-state index contributed by atoms with van der Waals surface area (Å²) in [5.41, 5.74) is 0.651. The van der Waals surface area contributed by atoms with Gasteiger partial charge >= 0.3 is 0 Å². The zero-order chi connectivity index (χ0) is 15.2. The summed E-state index contributed by atoms with van der Waals surface area (Å²) in [5.74, 6) is 1.91. The Kier molecular flexibility index (Phi) is 5.25. The number of ether oxygens (including phenoxy) is 2. The van der Waals surface area contributed by atoms with Gasteiger partial charge < -0.3 is 19.9 Å². The lowest BCUT2D eigenvalue weighted by molar-refractivity contribution is 0.186. The van der Waals surface area contributed by atoms with Crippen molar-refractivity contribution in [2.24, 2.45) is 0 Å². The molecule has 0 fully saturated rings. The summed E-state index contributed by atoms with van der Waals surface area (Å²) in [6.45, 7) is 0.290. The first-order valence-electron chi connectivity index (χ1n) is 6.39. The Morgan fingerprint density at radius 2 is 2.05 bits per heavy atom. The molecule has 1 heterocycles. The summed E-state index contributed by atoms with van der Waals surface area (Å²) in [4.78, 5) is 4.11. The van der Waals surface area contributed by atoms with Crippen molar-refractivity contribution in [2.75, 3.05) is 26.1 Å². The van der Waals surface area contributed by atoms with Crippen molar-refractivity contribution in [3.8, 4) is 11.5 Å². The minimum atomic E-state index is -0.757. The molecule has 1 aromatic carbocycles. The third kappa shape index (κ3) is 4.00. The van der Waals surface area contributed by atoms with Gasteiger partial charge in [0.15, 0.2) is 0 Å². The van der Waals surface area contributed by atoms with Gasteiger partial charge in [-0.05, 0) is 30.3 Å². The normalized spacial score (nSPS) is 11.8. The number of methoxy groups -OCH3 is 2. The van der Waals surface area contributed by atoms with E-state index < -0.39 is 6.10 Å². The molecule has 21 heavy (non-hydrogen) atoms. The predicted molar refractivity (Wildman–Crippen MR) is 82.2 cm³/mol. The smallest absolute Gasteiger partial charge is 0.126 e. The number of aromatic nitrogens is 1. The number of aliphatic hydroxyl groups is 1. The van der Waals surface area contributed by atoms with Crippen LogP contribution in [0, 0.1) is 0 Å². The second-order valence-corrected chi connectivity index (χ2v) is 4.80. The van der Waals surface area contributed by atoms with Crippen LogP contribution in [0.2, 0.25) is 5.02 Å². The van der Waals surface area contributed by atoms with Crippen molar-refractivity contribution in [3.63, 3.8) is 0 Å². The standard InChI is InChI=1S/C15H17ClN2O3/c1-20-11-4-5-14(21-2)12(7-11)13(19)9-18-15-6-3-10(16)8-17-15/h3-8,13,19H,9H2,1-2H3,(H,17,18)/t13-/m0/s1. The number of nitrogens with one attached hydrogen (secondary N) is 1. The first-order valence-corrected chi connectivity index (χ1v) is 6.77. The average Bonchev–Trinajstić information content (AvgIpc) is 2.53. The molecular formula is C15H17ClN2O3. The molecule has 0 amide bonds. The minimum Gasteiger partial charge on any atom is -0.497 e. The van der Waals surface area contributed by atoms with Gasteiger partial charge in [0, 0.05) is 18.3 Å². The van der Waals surface area contributed by atoms with Crippen LogP contribution in [0.25, 0.3) is 0 Å². The molecule has 112 valence electrons. The maximum absolute atomic E-state index is 10.3. The number of anilines is 1. The lowest BCUT2D eigenvalue weighted by Gasteiger charge is -2.16. The molecule has 1 aromatic heterocycles. The van der Waals surface area contributed by atoms with E-state index in [1.165, 1.54) is 0 Å². The second kappa shape index (κ2) is 7.15. The van der Waals surface area contributed by atoms with Gasteiger partial charge in [-0.15, -0.1) is 0 Å². The van der Waals surface area contributed by atoms with Crippen LogP contribution in [0.1, 0.15) is 11.7 Å². The lowest BCUT2D eigenvalue weighted by atomic mass is 10.1. The second-order valence-electron chi connectivity index (χ2n) is 4.37. The SMILES string of the molecule is COc1ccc(OC)c([C@@H](O)CNc2ccc(Cl)cn2)c1. The van der Waals surface area contributed by atoms with Gasteiger partial charge in [-0.1, -0.05) is 11.6 Å². The zero-order valence-electron chi connectivity index (χ0n) is 11.8. The van der Waals surface area contributed by atoms with Crippen molar-refractivity contribution >= 4 is 17.4 Å². The van der Waals surface area contributed by atoms with Gasteiger partial charge in [-0.2, -0.15) is 0 Å². The van der Waals surface area contributed by atoms with E-state index in [9.17, 15) is 5.11 Å². The summed E-state index contributed by atoms with van der Waals surface area (Å²) >= 11 is 5.77. The van der Waals surface area contributed by atoms with E-state index in [4.69, 9.17) is 21.1 Å².